The Balaban J connectivity index is 2.04. The van der Waals surface area contributed by atoms with Crippen molar-refractivity contribution in [2.75, 3.05) is 6.54 Å². The van der Waals surface area contributed by atoms with Crippen molar-refractivity contribution in [2.45, 2.75) is 32.4 Å². The summed E-state index contributed by atoms with van der Waals surface area (Å²) in [6.45, 7) is 4.78. The number of hydrogen-bond donors (Lipinski definition) is 1. The predicted octanol–water partition coefficient (Wildman–Crippen LogP) is 2.20. The number of benzene rings is 1. The third-order valence-corrected chi connectivity index (χ3v) is 2.74. The van der Waals surface area contributed by atoms with Crippen molar-refractivity contribution in [2.24, 2.45) is 10.7 Å². The Morgan fingerprint density at radius 3 is 2.94 bits per heavy atom. The zero-order chi connectivity index (χ0) is 11.5. The highest BCUT2D eigenvalue weighted by Crippen LogP contribution is 2.26. The average Bonchev–Trinajstić information content (AvgIpc) is 2.66. The van der Waals surface area contributed by atoms with Gasteiger partial charge >= 0.3 is 0 Å². The van der Waals surface area contributed by atoms with Gasteiger partial charge in [0.05, 0.1) is 6.54 Å². The molecule has 86 valence electrons. The van der Waals surface area contributed by atoms with Gasteiger partial charge in [-0.2, -0.15) is 0 Å². The van der Waals surface area contributed by atoms with Gasteiger partial charge in [-0.1, -0.05) is 24.3 Å². The molecule has 1 aliphatic rings. The van der Waals surface area contributed by atoms with E-state index in [2.05, 4.69) is 24.0 Å². The molecule has 16 heavy (non-hydrogen) atoms. The highest BCUT2D eigenvalue weighted by molar-refractivity contribution is 5.78. The summed E-state index contributed by atoms with van der Waals surface area (Å²) in [7, 11) is 0. The fraction of sp³-hybridized carbons (Fsp3) is 0.462. The van der Waals surface area contributed by atoms with Crippen LogP contribution in [0.25, 0.3) is 0 Å². The van der Waals surface area contributed by atoms with Crippen LogP contribution in [0.15, 0.2) is 29.3 Å². The minimum Gasteiger partial charge on any atom is -0.471 e. The number of hydrogen-bond acceptors (Lipinski definition) is 3. The predicted molar refractivity (Wildman–Crippen MR) is 65.6 cm³/mol. The molecule has 0 saturated carbocycles. The van der Waals surface area contributed by atoms with Crippen LogP contribution in [-0.2, 0) is 4.74 Å². The number of nitrogens with two attached hydrogens (primary N) is 1. The van der Waals surface area contributed by atoms with Crippen LogP contribution in [0.3, 0.4) is 0 Å². The fourth-order valence-electron chi connectivity index (χ4n) is 1.92. The second-order valence-electron chi connectivity index (χ2n) is 4.38. The van der Waals surface area contributed by atoms with Gasteiger partial charge in [0, 0.05) is 12.5 Å². The van der Waals surface area contributed by atoms with Crippen LogP contribution in [0.1, 0.15) is 30.6 Å². The van der Waals surface area contributed by atoms with Crippen LogP contribution in [0.2, 0.25) is 0 Å². The van der Waals surface area contributed by atoms with E-state index in [0.717, 1.165) is 12.3 Å². The van der Waals surface area contributed by atoms with Gasteiger partial charge in [0.15, 0.2) is 5.90 Å². The van der Waals surface area contributed by atoms with Crippen molar-refractivity contribution >= 4 is 5.90 Å². The van der Waals surface area contributed by atoms with E-state index in [9.17, 15) is 0 Å². The highest BCUT2D eigenvalue weighted by Gasteiger charge is 2.22. The summed E-state index contributed by atoms with van der Waals surface area (Å²) in [5, 5.41) is 0. The summed E-state index contributed by atoms with van der Waals surface area (Å²) in [6, 6.07) is 8.38. The third kappa shape index (κ3) is 2.42. The molecular formula is C13H18N2O. The van der Waals surface area contributed by atoms with Gasteiger partial charge in [0.2, 0.25) is 0 Å². The maximum Gasteiger partial charge on any atom is 0.185 e. The average molecular weight is 218 g/mol. The lowest BCUT2D eigenvalue weighted by atomic mass is 10.0. The molecule has 2 rings (SSSR count). The van der Waals surface area contributed by atoms with Gasteiger partial charge in [0.25, 0.3) is 0 Å². The van der Waals surface area contributed by atoms with E-state index in [4.69, 9.17) is 10.5 Å². The lowest BCUT2D eigenvalue weighted by molar-refractivity contribution is 0.222. The van der Waals surface area contributed by atoms with Gasteiger partial charge in [-0.15, -0.1) is 0 Å². The Morgan fingerprint density at radius 2 is 2.25 bits per heavy atom. The van der Waals surface area contributed by atoms with Crippen molar-refractivity contribution in [3.63, 3.8) is 0 Å². The molecule has 2 N–H and O–H groups in total. The first kappa shape index (κ1) is 11.1. The quantitative estimate of drug-likeness (QED) is 0.845. The molecule has 2 unspecified atom stereocenters. The molecule has 0 amide bonds. The normalized spacial score (nSPS) is 21.4. The van der Waals surface area contributed by atoms with E-state index in [0.29, 0.717) is 6.54 Å². The van der Waals surface area contributed by atoms with E-state index in [1.807, 2.05) is 19.1 Å². The van der Waals surface area contributed by atoms with Gasteiger partial charge < -0.3 is 10.5 Å². The monoisotopic (exact) mass is 218 g/mol. The summed E-state index contributed by atoms with van der Waals surface area (Å²) >= 11 is 0. The second kappa shape index (κ2) is 4.66. The van der Waals surface area contributed by atoms with Gasteiger partial charge in [-0.05, 0) is 25.0 Å². The largest absolute Gasteiger partial charge is 0.471 e. The Hall–Kier alpha value is -1.35. The fourth-order valence-corrected chi connectivity index (χ4v) is 1.92. The summed E-state index contributed by atoms with van der Waals surface area (Å²) in [6.07, 6.45) is 0.803. The lowest BCUT2D eigenvalue weighted by Crippen LogP contribution is -2.20. The standard InChI is InChI=1S/C13H18N2O/c1-9-5-3-4-6-11(9)12-8-15-13(16-12)7-10(2)14/h3-6,10,12H,7-8,14H2,1-2H3. The Bertz CT molecular complexity index is 399. The number of aliphatic imine (C=N–C) groups is 1. The van der Waals surface area contributed by atoms with E-state index in [1.165, 1.54) is 11.1 Å². The van der Waals surface area contributed by atoms with Crippen LogP contribution in [0, 0.1) is 6.92 Å². The van der Waals surface area contributed by atoms with Gasteiger partial charge in [-0.25, -0.2) is 0 Å². The van der Waals surface area contributed by atoms with Crippen molar-refractivity contribution in [3.8, 4) is 0 Å². The van der Waals surface area contributed by atoms with Gasteiger partial charge in [-0.3, -0.25) is 4.99 Å². The first-order valence-corrected chi connectivity index (χ1v) is 5.68. The minimum atomic E-state index is 0.0787. The molecule has 3 heteroatoms. The first-order chi connectivity index (χ1) is 7.66. The molecule has 0 spiro atoms. The molecule has 0 fully saturated rings. The molecule has 2 atom stereocenters. The molecule has 1 aliphatic heterocycles. The zero-order valence-corrected chi connectivity index (χ0v) is 9.81. The van der Waals surface area contributed by atoms with Crippen LogP contribution >= 0.6 is 0 Å². The SMILES string of the molecule is Cc1ccccc1C1CN=C(CC(C)N)O1. The number of aryl methyl sites for hydroxylation is 1. The molecule has 0 aliphatic carbocycles. The Kier molecular flexibility index (Phi) is 3.25. The molecule has 0 radical (unpaired) electrons. The van der Waals surface area contributed by atoms with E-state index in [-0.39, 0.29) is 12.1 Å². The minimum absolute atomic E-state index is 0.0787. The van der Waals surface area contributed by atoms with Crippen molar-refractivity contribution < 1.29 is 4.74 Å². The molecular weight excluding hydrogens is 200 g/mol. The van der Waals surface area contributed by atoms with E-state index in [1.54, 1.807) is 0 Å². The van der Waals surface area contributed by atoms with E-state index >= 15 is 0 Å². The molecule has 0 bridgehead atoms. The smallest absolute Gasteiger partial charge is 0.185 e. The van der Waals surface area contributed by atoms with Crippen molar-refractivity contribution in [1.29, 1.82) is 0 Å². The second-order valence-corrected chi connectivity index (χ2v) is 4.38. The Labute approximate surface area is 96.3 Å². The zero-order valence-electron chi connectivity index (χ0n) is 9.81. The van der Waals surface area contributed by atoms with Crippen LogP contribution in [0.5, 0.6) is 0 Å². The van der Waals surface area contributed by atoms with Crippen molar-refractivity contribution in [3.05, 3.63) is 35.4 Å². The van der Waals surface area contributed by atoms with Crippen LogP contribution < -0.4 is 5.73 Å². The summed E-state index contributed by atoms with van der Waals surface area (Å²) in [5.74, 6) is 0.795. The van der Waals surface area contributed by atoms with Crippen LogP contribution in [-0.4, -0.2) is 18.5 Å². The molecule has 1 heterocycles. The maximum absolute atomic E-state index is 5.81. The van der Waals surface area contributed by atoms with Gasteiger partial charge in [0.1, 0.15) is 6.10 Å². The first-order valence-electron chi connectivity index (χ1n) is 5.68. The number of ether oxygens (including phenoxy) is 1. The van der Waals surface area contributed by atoms with E-state index < -0.39 is 0 Å². The molecule has 0 aromatic heterocycles. The highest BCUT2D eigenvalue weighted by atomic mass is 16.5. The summed E-state index contributed by atoms with van der Waals surface area (Å²) in [4.78, 5) is 4.39. The van der Waals surface area contributed by atoms with Crippen molar-refractivity contribution in [1.82, 2.24) is 0 Å². The summed E-state index contributed by atoms with van der Waals surface area (Å²) in [5.41, 5.74) is 8.21. The molecule has 3 nitrogen and oxygen atoms in total. The van der Waals surface area contributed by atoms with Crippen LogP contribution in [0.4, 0.5) is 0 Å². The number of rotatable bonds is 3. The number of nitrogens with zero attached hydrogens (tertiary/aromatic N) is 1. The molecule has 0 saturated heterocycles. The molecule has 1 aromatic carbocycles. The summed E-state index contributed by atoms with van der Waals surface area (Å²) < 4.78 is 5.81. The molecule has 1 aromatic rings. The topological polar surface area (TPSA) is 47.6 Å². The Morgan fingerprint density at radius 1 is 1.50 bits per heavy atom. The third-order valence-electron chi connectivity index (χ3n) is 2.74. The lowest BCUT2D eigenvalue weighted by Gasteiger charge is -2.14. The maximum atomic E-state index is 5.81.